The van der Waals surface area contributed by atoms with E-state index in [-0.39, 0.29) is 28.3 Å². The van der Waals surface area contributed by atoms with Crippen molar-refractivity contribution in [2.75, 3.05) is 24.6 Å². The van der Waals surface area contributed by atoms with Crippen molar-refractivity contribution in [2.24, 2.45) is 23.8 Å². The van der Waals surface area contributed by atoms with Crippen molar-refractivity contribution in [2.45, 2.75) is 59.4 Å². The van der Waals surface area contributed by atoms with Crippen LogP contribution in [-0.4, -0.2) is 51.2 Å². The normalized spacial score (nSPS) is 17.3. The number of carbonyl (C=O) groups is 1. The highest BCUT2D eigenvalue weighted by atomic mass is 16.5. The monoisotopic (exact) mass is 674 g/mol. The average molecular weight is 675 g/mol. The molecule has 0 atom stereocenters. The minimum absolute atomic E-state index is 0.0683. The van der Waals surface area contributed by atoms with Crippen LogP contribution in [0, 0.1) is 16.7 Å². The van der Waals surface area contributed by atoms with Crippen LogP contribution in [0.4, 0.5) is 5.95 Å². The predicted molar refractivity (Wildman–Crippen MR) is 196 cm³/mol. The molecule has 2 N–H and O–H groups in total. The first-order chi connectivity index (χ1) is 24.0. The molecule has 2 aliphatic rings. The van der Waals surface area contributed by atoms with Gasteiger partial charge in [0.05, 0.1) is 12.2 Å². The van der Waals surface area contributed by atoms with E-state index in [1.54, 1.807) is 30.2 Å². The van der Waals surface area contributed by atoms with Crippen molar-refractivity contribution < 1.29 is 14.3 Å². The van der Waals surface area contributed by atoms with Crippen molar-refractivity contribution in [3.8, 4) is 28.4 Å². The highest BCUT2D eigenvalue weighted by molar-refractivity contribution is 5.96. The van der Waals surface area contributed by atoms with Gasteiger partial charge >= 0.3 is 0 Å². The number of aromatic nitrogens is 4. The molecule has 4 heterocycles. The molecule has 50 heavy (non-hydrogen) atoms. The zero-order chi connectivity index (χ0) is 35.0. The van der Waals surface area contributed by atoms with Gasteiger partial charge in [-0.3, -0.25) is 9.59 Å². The van der Waals surface area contributed by atoms with Crippen molar-refractivity contribution in [3.05, 3.63) is 95.3 Å². The second kappa shape index (κ2) is 13.3. The molecule has 1 saturated heterocycles. The van der Waals surface area contributed by atoms with E-state index in [0.29, 0.717) is 41.1 Å². The van der Waals surface area contributed by atoms with E-state index in [4.69, 9.17) is 9.47 Å². The Hall–Kier alpha value is -5.12. The number of pyridine rings is 1. The Morgan fingerprint density at radius 2 is 1.68 bits per heavy atom. The van der Waals surface area contributed by atoms with Crippen LogP contribution in [0.2, 0.25) is 0 Å². The van der Waals surface area contributed by atoms with Crippen molar-refractivity contribution in [1.29, 1.82) is 0 Å². The zero-order valence-electron chi connectivity index (χ0n) is 29.5. The van der Waals surface area contributed by atoms with E-state index < -0.39 is 0 Å². The van der Waals surface area contributed by atoms with E-state index in [2.05, 4.69) is 52.9 Å². The Morgan fingerprint density at radius 3 is 2.42 bits per heavy atom. The number of carbonyl (C=O) groups excluding carboxylic acids is 1. The van der Waals surface area contributed by atoms with E-state index >= 15 is 0 Å². The lowest BCUT2D eigenvalue weighted by Crippen LogP contribution is -2.63. The molecule has 5 aromatic rings. The fourth-order valence-electron chi connectivity index (χ4n) is 8.29. The number of hydrogen-bond donors (Lipinski definition) is 2. The molecule has 2 fully saturated rings. The Balaban J connectivity index is 0.905. The van der Waals surface area contributed by atoms with Crippen LogP contribution >= 0.6 is 0 Å². The summed E-state index contributed by atoms with van der Waals surface area (Å²) in [5, 5.41) is 4.07. The maximum atomic E-state index is 12.9. The maximum Gasteiger partial charge on any atom is 0.274 e. The molecule has 0 unspecified atom stereocenters. The summed E-state index contributed by atoms with van der Waals surface area (Å²) in [4.78, 5) is 39.9. The van der Waals surface area contributed by atoms with Crippen LogP contribution in [0.3, 0.4) is 0 Å². The number of para-hydroxylation sites is 1. The topological polar surface area (TPSA) is 114 Å². The van der Waals surface area contributed by atoms with E-state index in [1.807, 2.05) is 60.8 Å². The third kappa shape index (κ3) is 6.71. The first kappa shape index (κ1) is 33.4. The van der Waals surface area contributed by atoms with Crippen LogP contribution < -0.4 is 25.2 Å². The van der Waals surface area contributed by atoms with Crippen molar-refractivity contribution in [3.63, 3.8) is 0 Å². The molecule has 2 aromatic carbocycles. The van der Waals surface area contributed by atoms with Crippen molar-refractivity contribution >= 4 is 22.8 Å². The predicted octanol–water partition coefficient (Wildman–Crippen LogP) is 7.36. The van der Waals surface area contributed by atoms with Gasteiger partial charge in [0.15, 0.2) is 0 Å². The quantitative estimate of drug-likeness (QED) is 0.159. The molecule has 0 spiro atoms. The zero-order valence-corrected chi connectivity index (χ0v) is 29.5. The molecule has 3 aromatic heterocycles. The van der Waals surface area contributed by atoms with Crippen LogP contribution in [0.25, 0.3) is 22.0 Å². The molecular formula is C40H46N6O4. The van der Waals surface area contributed by atoms with Gasteiger partial charge in [0.2, 0.25) is 5.95 Å². The molecule has 7 rings (SSSR count). The van der Waals surface area contributed by atoms with Gasteiger partial charge in [-0.1, -0.05) is 52.0 Å². The highest BCUT2D eigenvalue weighted by Crippen LogP contribution is 2.53. The fourth-order valence-corrected chi connectivity index (χ4v) is 8.29. The summed E-state index contributed by atoms with van der Waals surface area (Å²) in [6.07, 6.45) is 11.0. The third-order valence-corrected chi connectivity index (χ3v) is 10.4. The fraction of sp³-hybridized carbons (Fsp3) is 0.400. The summed E-state index contributed by atoms with van der Waals surface area (Å²) >= 11 is 0. The van der Waals surface area contributed by atoms with Crippen LogP contribution in [0.15, 0.2) is 84.2 Å². The number of ether oxygens (including phenoxy) is 2. The van der Waals surface area contributed by atoms with E-state index in [1.165, 1.54) is 0 Å². The molecule has 10 heteroatoms. The Morgan fingerprint density at radius 1 is 0.960 bits per heavy atom. The molecule has 0 bridgehead atoms. The maximum absolute atomic E-state index is 12.9. The Bertz CT molecular complexity index is 2040. The summed E-state index contributed by atoms with van der Waals surface area (Å²) in [5.41, 5.74) is 2.99. The first-order valence-electron chi connectivity index (χ1n) is 17.5. The van der Waals surface area contributed by atoms with Crippen LogP contribution in [0.1, 0.15) is 63.7 Å². The lowest BCUT2D eigenvalue weighted by molar-refractivity contribution is -0.0366. The van der Waals surface area contributed by atoms with Gasteiger partial charge in [0.25, 0.3) is 11.5 Å². The number of aromatic amines is 1. The van der Waals surface area contributed by atoms with Gasteiger partial charge in [-0.25, -0.2) is 9.97 Å². The minimum Gasteiger partial charge on any atom is -0.493 e. The van der Waals surface area contributed by atoms with E-state index in [0.717, 1.165) is 61.0 Å². The molecule has 1 aliphatic heterocycles. The van der Waals surface area contributed by atoms with Crippen molar-refractivity contribution in [1.82, 2.24) is 24.8 Å². The molecule has 1 amide bonds. The van der Waals surface area contributed by atoms with Crippen LogP contribution in [0.5, 0.6) is 17.2 Å². The number of benzene rings is 2. The van der Waals surface area contributed by atoms with Gasteiger partial charge in [-0.2, -0.15) is 0 Å². The summed E-state index contributed by atoms with van der Waals surface area (Å²) in [6.45, 7) is 11.2. The molecule has 0 radical (unpaired) electrons. The van der Waals surface area contributed by atoms with Gasteiger partial charge in [-0.15, -0.1) is 0 Å². The summed E-state index contributed by atoms with van der Waals surface area (Å²) in [6, 6.07) is 17.6. The summed E-state index contributed by atoms with van der Waals surface area (Å²) in [5.74, 6) is 3.24. The number of nitrogens with zero attached hydrogens (tertiary/aromatic N) is 4. The molecule has 1 saturated carbocycles. The number of aryl methyl sites for hydroxylation is 1. The van der Waals surface area contributed by atoms with Gasteiger partial charge in [-0.05, 0) is 66.7 Å². The standard InChI is InChI=1S/C40H46N6O4/c1-39(2)25-40(3,4)37(39)44-35(47)27-22-42-38(43-23-27)46-18-14-26(15-19-46)16-20-49-28-9-8-10-29(21-28)50-33-12-7-6-11-30(33)32-24-45(5)36(48)34-31(32)13-17-41-34/h6-13,17,21-24,26,37,41H,14-16,18-20,25H2,1-5H3,(H,44,47). The molecule has 10 nitrogen and oxygen atoms in total. The summed E-state index contributed by atoms with van der Waals surface area (Å²) < 4.78 is 14.2. The lowest BCUT2D eigenvalue weighted by Gasteiger charge is -2.57. The lowest BCUT2D eigenvalue weighted by atomic mass is 9.52. The first-order valence-corrected chi connectivity index (χ1v) is 17.5. The number of nitrogens with one attached hydrogen (secondary N) is 2. The minimum atomic E-state index is -0.109. The number of fused-ring (bicyclic) bond motifs is 1. The van der Waals surface area contributed by atoms with Crippen LogP contribution in [-0.2, 0) is 7.05 Å². The number of anilines is 1. The third-order valence-electron chi connectivity index (χ3n) is 10.4. The smallest absolute Gasteiger partial charge is 0.274 e. The SMILES string of the molecule is Cn1cc(-c2ccccc2Oc2cccc(OCCC3CCN(c4ncc(C(=O)NC5C(C)(C)CC5(C)C)cn4)CC3)c2)c2cc[nH]c2c1=O. The average Bonchev–Trinajstić information content (AvgIpc) is 3.60. The Kier molecular flexibility index (Phi) is 8.88. The number of amides is 1. The number of piperidine rings is 1. The second-order valence-corrected chi connectivity index (χ2v) is 15.2. The van der Waals surface area contributed by atoms with Gasteiger partial charge < -0.3 is 29.2 Å². The molecule has 1 aliphatic carbocycles. The number of hydrogen-bond acceptors (Lipinski definition) is 7. The molecular weight excluding hydrogens is 628 g/mol. The largest absolute Gasteiger partial charge is 0.493 e. The highest BCUT2D eigenvalue weighted by Gasteiger charge is 2.53. The Labute approximate surface area is 292 Å². The molecule has 260 valence electrons. The van der Waals surface area contributed by atoms with Gasteiger partial charge in [0, 0.05) is 73.5 Å². The number of rotatable bonds is 10. The summed E-state index contributed by atoms with van der Waals surface area (Å²) in [7, 11) is 1.76. The second-order valence-electron chi connectivity index (χ2n) is 15.2. The number of H-pyrrole nitrogens is 1. The van der Waals surface area contributed by atoms with E-state index in [9.17, 15) is 9.59 Å². The van der Waals surface area contributed by atoms with Gasteiger partial charge in [0.1, 0.15) is 22.8 Å².